The van der Waals surface area contributed by atoms with Crippen LogP contribution in [0.2, 0.25) is 0 Å². The Morgan fingerprint density at radius 3 is 0.512 bits per heavy atom. The second-order valence-corrected chi connectivity index (χ2v) is 18.1. The molecule has 0 amide bonds. The molecule has 41 heteroatoms. The summed E-state index contributed by atoms with van der Waals surface area (Å²) in [5, 5.41) is 0. The largest absolute Gasteiger partial charge is 0.0593 e. The first-order chi connectivity index (χ1) is 18.7. The van der Waals surface area contributed by atoms with Gasteiger partial charge in [0.2, 0.25) is 0 Å². The summed E-state index contributed by atoms with van der Waals surface area (Å²) in [4.78, 5) is 0. The molecule has 0 radical (unpaired) electrons. The van der Waals surface area contributed by atoms with Crippen LogP contribution in [0, 0.1) is 0 Å². The molecule has 166 valence electrons. The average Bonchev–Trinajstić information content (AvgIpc) is 2.76. The molecule has 0 nitrogen and oxygen atoms in total. The molecule has 0 heterocycles. The van der Waals surface area contributed by atoms with E-state index >= 15 is 0 Å². The van der Waals surface area contributed by atoms with Crippen molar-refractivity contribution >= 4 is 291 Å². The Labute approximate surface area is 288 Å². The fraction of sp³-hybridized carbons (Fsp3) is 0. The highest BCUT2D eigenvalue weighted by Crippen LogP contribution is 2.19. The van der Waals surface area contributed by atoms with Crippen LogP contribution < -0.4 is 0 Å². The maximum Gasteiger partial charge on any atom is 0.0593 e. The van der Waals surface area contributed by atoms with Crippen molar-refractivity contribution in [1.29, 1.82) is 0 Å². The summed E-state index contributed by atoms with van der Waals surface area (Å²) in [6.45, 7) is 0. The third-order valence-corrected chi connectivity index (χ3v) is 11.9. The van der Waals surface area contributed by atoms with Gasteiger partial charge in [0, 0.05) is 128 Å². The second kappa shape index (κ2) is 20.1. The van der Waals surface area contributed by atoms with E-state index in [4.69, 9.17) is 0 Å². The van der Waals surface area contributed by atoms with Gasteiger partial charge in [-0.3, -0.25) is 0 Å². The van der Waals surface area contributed by atoms with E-state index in [-0.39, 0.29) is 0 Å². The molecule has 0 atom stereocenters. The van der Waals surface area contributed by atoms with Gasteiger partial charge in [-0.05, 0) is 0 Å². The molecular weight excluding hydrogens is 443 g/mol. The van der Waals surface area contributed by atoms with Gasteiger partial charge in [-0.1, -0.05) is 0 Å². The molecule has 0 saturated heterocycles. The summed E-state index contributed by atoms with van der Waals surface area (Å²) in [6, 6.07) is 0. The molecule has 0 unspecified atom stereocenters. The highest BCUT2D eigenvalue weighted by atomic mass is 13.4. The molecule has 0 rings (SSSR count). The first kappa shape index (κ1) is 43.7. The lowest BCUT2D eigenvalue weighted by atomic mass is 8.27. The third kappa shape index (κ3) is 12.0. The molecule has 41 heavy (non-hydrogen) atoms. The zero-order valence-corrected chi connectivity index (χ0v) is 32.7. The van der Waals surface area contributed by atoms with Crippen LogP contribution in [-0.2, 0) is 0 Å². The van der Waals surface area contributed by atoms with E-state index in [0.717, 1.165) is 63.9 Å². The van der Waals surface area contributed by atoms with Crippen molar-refractivity contribution in [3.8, 4) is 0 Å². The first-order valence-corrected chi connectivity index (χ1v) is 18.7. The lowest BCUT2D eigenvalue weighted by Gasteiger charge is -2.53. The maximum atomic E-state index is 2.61. The molecule has 0 saturated carbocycles. The van der Waals surface area contributed by atoms with Gasteiger partial charge < -0.3 is 0 Å². The van der Waals surface area contributed by atoms with Gasteiger partial charge in [-0.2, -0.15) is 0 Å². The van der Waals surface area contributed by atoms with Gasteiger partial charge in [0.1, 0.15) is 0 Å². The smallest absolute Gasteiger partial charge is 0.0000776 e. The highest BCUT2D eigenvalue weighted by Gasteiger charge is 2.58. The molecule has 0 N–H and O–H groups in total. The maximum absolute atomic E-state index is 2.61. The molecule has 0 aromatic heterocycles. The average molecular weight is 487 g/mol. The van der Waals surface area contributed by atoms with Gasteiger partial charge in [-0.15, -0.1) is 0 Å². The van der Waals surface area contributed by atoms with E-state index < -0.39 is 0 Å². The van der Waals surface area contributed by atoms with Gasteiger partial charge in [0.05, 0.1) is 162 Å². The zero-order valence-electron chi connectivity index (χ0n) is 32.7. The van der Waals surface area contributed by atoms with Crippen LogP contribution in [0.3, 0.4) is 0 Å². The Balaban J connectivity index is 8.46. The standard InChI is InChI=1S/B41H43/c1-22-33(23(2)3)38(32(20)21)41(39(34(24(4)5)25(6)7)35(26(8)9)27(10)11)40(36(28(12)13)29(14)15)37(30(16)17)31(18)19/h22H,1-21H2. The normalized spacial score (nSPS) is 9.56. The lowest BCUT2D eigenvalue weighted by molar-refractivity contribution is 3.21. The van der Waals surface area contributed by atoms with Crippen LogP contribution in [0.1, 0.15) is 0 Å². The van der Waals surface area contributed by atoms with Crippen molar-refractivity contribution in [1.82, 2.24) is 0 Å². The molecule has 0 aliphatic heterocycles. The molecule has 0 bridgehead atoms. The number of hydrogen-bond donors (Lipinski definition) is 0. The van der Waals surface area contributed by atoms with Gasteiger partial charge in [0.15, 0.2) is 0 Å². The molecule has 0 aromatic carbocycles. The van der Waals surface area contributed by atoms with E-state index in [1.54, 1.807) is 0 Å². The van der Waals surface area contributed by atoms with Crippen molar-refractivity contribution in [2.45, 2.75) is 0 Å². The summed E-state index contributed by atoms with van der Waals surface area (Å²) in [5.41, 5.74) is 0. The Morgan fingerprint density at radius 2 is 0.390 bits per heavy atom. The minimum atomic E-state index is 0.692. The Kier molecular flexibility index (Phi) is 21.4. The third-order valence-electron chi connectivity index (χ3n) is 11.9. The summed E-state index contributed by atoms with van der Waals surface area (Å²) < 4.78 is 0. The van der Waals surface area contributed by atoms with Crippen LogP contribution in [0.4, 0.5) is 0 Å². The van der Waals surface area contributed by atoms with Crippen molar-refractivity contribution in [2.24, 2.45) is 0 Å². The molecule has 0 aliphatic rings. The summed E-state index contributed by atoms with van der Waals surface area (Å²) in [5.74, 6) is 0. The van der Waals surface area contributed by atoms with Crippen LogP contribution in [0.15, 0.2) is 0 Å². The van der Waals surface area contributed by atoms with E-state index in [0.29, 0.717) is 57.5 Å². The monoisotopic (exact) mass is 495 g/mol. The Bertz CT molecular complexity index is 544. The van der Waals surface area contributed by atoms with E-state index in [2.05, 4.69) is 162 Å². The van der Waals surface area contributed by atoms with Gasteiger partial charge in [-0.25, -0.2) is 0 Å². The van der Waals surface area contributed by atoms with Gasteiger partial charge in [0.25, 0.3) is 0 Å². The topological polar surface area (TPSA) is 0 Å². The SMILES string of the molecule is BBB(B(B)B)B(B(B)B)B(B(B(B(B)B)B(B)B)B(B(B)B)B(B)B)B(B(B(B)B)B(B)B)B(B(B)B)B(B)B. The molecule has 0 fully saturated rings. The van der Waals surface area contributed by atoms with Crippen molar-refractivity contribution in [3.05, 3.63) is 0 Å². The predicted molar refractivity (Wildman–Crippen MR) is 296 cm³/mol. The highest BCUT2D eigenvalue weighted by molar-refractivity contribution is 8.32. The molecule has 0 spiro atoms. The number of rotatable bonds is 19. The molecule has 0 aromatic rings. The predicted octanol–water partition coefficient (Wildman–Crippen LogP) is -27.1. The van der Waals surface area contributed by atoms with Crippen LogP contribution in [0.25, 0.3) is 0 Å². The Morgan fingerprint density at radius 1 is 0.220 bits per heavy atom. The van der Waals surface area contributed by atoms with Crippen molar-refractivity contribution in [3.63, 3.8) is 0 Å². The number of hydrogen-bond acceptors (Lipinski definition) is 0. The minimum Gasteiger partial charge on any atom is 0.0000776 e. The second-order valence-electron chi connectivity index (χ2n) is 18.1. The lowest BCUT2D eigenvalue weighted by Crippen LogP contribution is -2.92. The van der Waals surface area contributed by atoms with Crippen LogP contribution >= 0.6 is 0 Å². The van der Waals surface area contributed by atoms with E-state index in [1.165, 1.54) is 7.06 Å². The molecule has 0 aliphatic carbocycles. The van der Waals surface area contributed by atoms with Crippen molar-refractivity contribution < 1.29 is 0 Å². The van der Waals surface area contributed by atoms with Crippen LogP contribution in [0.5, 0.6) is 0 Å². The van der Waals surface area contributed by atoms with Gasteiger partial charge >= 0.3 is 0 Å². The molecular formula is H43B41. The Hall–Kier alpha value is 2.66. The quantitative estimate of drug-likeness (QED) is 0.159. The van der Waals surface area contributed by atoms with Crippen LogP contribution in [-0.4, -0.2) is 291 Å². The summed E-state index contributed by atoms with van der Waals surface area (Å²) in [6.07, 6.45) is 13.7. The fourth-order valence-electron chi connectivity index (χ4n) is 11.4. The van der Waals surface area contributed by atoms with E-state index in [1.807, 2.05) is 0 Å². The first-order valence-electron chi connectivity index (χ1n) is 18.7. The minimum absolute atomic E-state index is 0.692. The summed E-state index contributed by atoms with van der Waals surface area (Å²) in [7, 11) is 55.2. The zero-order chi connectivity index (χ0) is 32.7. The van der Waals surface area contributed by atoms with E-state index in [9.17, 15) is 0 Å². The summed E-state index contributed by atoms with van der Waals surface area (Å²) >= 11 is 0. The fourth-order valence-corrected chi connectivity index (χ4v) is 11.4. The van der Waals surface area contributed by atoms with Crippen molar-refractivity contribution in [2.75, 3.05) is 0 Å².